The molecule has 0 bridgehead atoms. The molecule has 1 fully saturated rings. The first-order chi connectivity index (χ1) is 7.07. The predicted octanol–water partition coefficient (Wildman–Crippen LogP) is 0.189. The van der Waals surface area contributed by atoms with Crippen molar-refractivity contribution in [3.8, 4) is 0 Å². The molecule has 0 aliphatic carbocycles. The molecule has 5 heteroatoms. The third-order valence-corrected chi connectivity index (χ3v) is 2.74. The van der Waals surface area contributed by atoms with E-state index in [9.17, 15) is 9.59 Å². The molecule has 1 aliphatic heterocycles. The molecule has 1 saturated heterocycles. The van der Waals surface area contributed by atoms with Crippen molar-refractivity contribution in [1.82, 2.24) is 4.90 Å². The Hall–Kier alpha value is -1.10. The van der Waals surface area contributed by atoms with Gasteiger partial charge in [0.2, 0.25) is 5.91 Å². The summed E-state index contributed by atoms with van der Waals surface area (Å²) in [5, 5.41) is 8.91. The van der Waals surface area contributed by atoms with E-state index in [2.05, 4.69) is 0 Å². The normalized spacial score (nSPS) is 22.8. The molecule has 15 heavy (non-hydrogen) atoms. The molecule has 86 valence electrons. The largest absolute Gasteiger partial charge is 0.480 e. The summed E-state index contributed by atoms with van der Waals surface area (Å²) in [7, 11) is 0. The average Bonchev–Trinajstić information content (AvgIpc) is 2.65. The maximum absolute atomic E-state index is 11.8. The van der Waals surface area contributed by atoms with Gasteiger partial charge in [0.25, 0.3) is 0 Å². The molecule has 0 saturated carbocycles. The lowest BCUT2D eigenvalue weighted by atomic mass is 10.1. The molecule has 2 atom stereocenters. The molecule has 1 amide bonds. The topological polar surface area (TPSA) is 83.6 Å². The van der Waals surface area contributed by atoms with Gasteiger partial charge in [-0.2, -0.15) is 0 Å². The highest BCUT2D eigenvalue weighted by Gasteiger charge is 2.35. The van der Waals surface area contributed by atoms with Crippen molar-refractivity contribution in [2.45, 2.75) is 44.7 Å². The Morgan fingerprint density at radius 1 is 1.60 bits per heavy atom. The fraction of sp³-hybridized carbons (Fsp3) is 0.800. The number of hydrogen-bond acceptors (Lipinski definition) is 3. The van der Waals surface area contributed by atoms with Crippen molar-refractivity contribution >= 4 is 11.9 Å². The molecule has 3 N–H and O–H groups in total. The van der Waals surface area contributed by atoms with Crippen LogP contribution in [0.1, 0.15) is 32.6 Å². The summed E-state index contributed by atoms with van der Waals surface area (Å²) in [4.78, 5) is 24.1. The van der Waals surface area contributed by atoms with Crippen LogP contribution in [-0.2, 0) is 9.59 Å². The fourth-order valence-electron chi connectivity index (χ4n) is 1.93. The van der Waals surface area contributed by atoms with Gasteiger partial charge in [0.05, 0.1) is 6.04 Å². The molecule has 0 spiro atoms. The second-order valence-corrected chi connectivity index (χ2v) is 3.92. The van der Waals surface area contributed by atoms with Gasteiger partial charge in [-0.1, -0.05) is 13.3 Å². The highest BCUT2D eigenvalue weighted by atomic mass is 16.4. The number of carbonyl (C=O) groups excluding carboxylic acids is 1. The maximum Gasteiger partial charge on any atom is 0.326 e. The molecular weight excluding hydrogens is 196 g/mol. The molecular formula is C10H18N2O3. The summed E-state index contributed by atoms with van der Waals surface area (Å²) < 4.78 is 0. The van der Waals surface area contributed by atoms with Gasteiger partial charge in [0.15, 0.2) is 0 Å². The SMILES string of the molecule is CCCC(N)C(=O)N1CCC[C@H]1C(=O)O. The summed E-state index contributed by atoms with van der Waals surface area (Å²) in [6.45, 7) is 2.47. The molecule has 1 aliphatic rings. The number of amides is 1. The van der Waals surface area contributed by atoms with Crippen molar-refractivity contribution in [1.29, 1.82) is 0 Å². The predicted molar refractivity (Wildman–Crippen MR) is 55.3 cm³/mol. The summed E-state index contributed by atoms with van der Waals surface area (Å²) in [5.74, 6) is -1.15. The number of rotatable bonds is 4. The fourth-order valence-corrected chi connectivity index (χ4v) is 1.93. The molecule has 1 unspecified atom stereocenters. The first-order valence-corrected chi connectivity index (χ1v) is 5.36. The number of hydrogen-bond donors (Lipinski definition) is 2. The molecule has 0 aromatic carbocycles. The summed E-state index contributed by atoms with van der Waals surface area (Å²) >= 11 is 0. The van der Waals surface area contributed by atoms with Gasteiger partial charge >= 0.3 is 5.97 Å². The van der Waals surface area contributed by atoms with Crippen LogP contribution in [0.2, 0.25) is 0 Å². The van der Waals surface area contributed by atoms with Crippen LogP contribution in [0.4, 0.5) is 0 Å². The van der Waals surface area contributed by atoms with Crippen molar-refractivity contribution in [3.63, 3.8) is 0 Å². The monoisotopic (exact) mass is 214 g/mol. The van der Waals surface area contributed by atoms with Gasteiger partial charge in [0.1, 0.15) is 6.04 Å². The van der Waals surface area contributed by atoms with Crippen LogP contribution < -0.4 is 5.73 Å². The first kappa shape index (κ1) is 12.0. The number of likely N-dealkylation sites (tertiary alicyclic amines) is 1. The van der Waals surface area contributed by atoms with Gasteiger partial charge in [-0.05, 0) is 19.3 Å². The Morgan fingerprint density at radius 3 is 2.80 bits per heavy atom. The number of carboxylic acid groups (broad SMARTS) is 1. The minimum absolute atomic E-state index is 0.221. The summed E-state index contributed by atoms with van der Waals surface area (Å²) in [6, 6.07) is -1.21. The lowest BCUT2D eigenvalue weighted by Crippen LogP contribution is -2.48. The van der Waals surface area contributed by atoms with E-state index >= 15 is 0 Å². The number of nitrogens with zero attached hydrogens (tertiary/aromatic N) is 1. The lowest BCUT2D eigenvalue weighted by molar-refractivity contribution is -0.148. The molecule has 0 radical (unpaired) electrons. The zero-order valence-corrected chi connectivity index (χ0v) is 8.98. The molecule has 5 nitrogen and oxygen atoms in total. The van der Waals surface area contributed by atoms with E-state index in [1.54, 1.807) is 0 Å². The van der Waals surface area contributed by atoms with Gasteiger partial charge in [-0.15, -0.1) is 0 Å². The Kier molecular flexibility index (Phi) is 4.08. The van der Waals surface area contributed by atoms with E-state index in [1.807, 2.05) is 6.92 Å². The van der Waals surface area contributed by atoms with E-state index < -0.39 is 18.1 Å². The Bertz CT molecular complexity index is 255. The van der Waals surface area contributed by atoms with Crippen LogP contribution in [-0.4, -0.2) is 40.5 Å². The molecule has 0 aromatic heterocycles. The average molecular weight is 214 g/mol. The van der Waals surface area contributed by atoms with Gasteiger partial charge in [-0.3, -0.25) is 4.79 Å². The zero-order chi connectivity index (χ0) is 11.4. The summed E-state index contributed by atoms with van der Waals surface area (Å²) in [6.07, 6.45) is 2.74. The van der Waals surface area contributed by atoms with Crippen LogP contribution in [0.15, 0.2) is 0 Å². The maximum atomic E-state index is 11.8. The first-order valence-electron chi connectivity index (χ1n) is 5.36. The van der Waals surface area contributed by atoms with Crippen molar-refractivity contribution < 1.29 is 14.7 Å². The Balaban J connectivity index is 2.62. The van der Waals surface area contributed by atoms with Crippen LogP contribution in [0.5, 0.6) is 0 Å². The molecule has 1 heterocycles. The van der Waals surface area contributed by atoms with E-state index in [-0.39, 0.29) is 5.91 Å². The minimum atomic E-state index is -0.926. The third kappa shape index (κ3) is 2.68. The quantitative estimate of drug-likeness (QED) is 0.699. The second-order valence-electron chi connectivity index (χ2n) is 3.92. The number of carboxylic acids is 1. The highest BCUT2D eigenvalue weighted by Crippen LogP contribution is 2.18. The van der Waals surface area contributed by atoms with Crippen LogP contribution in [0.3, 0.4) is 0 Å². The van der Waals surface area contributed by atoms with Crippen molar-refractivity contribution in [3.05, 3.63) is 0 Å². The number of aliphatic carboxylic acids is 1. The minimum Gasteiger partial charge on any atom is -0.480 e. The van der Waals surface area contributed by atoms with Gasteiger partial charge < -0.3 is 15.7 Å². The van der Waals surface area contributed by atoms with E-state index in [0.717, 1.165) is 12.8 Å². The summed E-state index contributed by atoms with van der Waals surface area (Å²) in [5.41, 5.74) is 5.69. The molecule has 1 rings (SSSR count). The van der Waals surface area contributed by atoms with Crippen LogP contribution >= 0.6 is 0 Å². The van der Waals surface area contributed by atoms with Crippen molar-refractivity contribution in [2.24, 2.45) is 5.73 Å². The number of nitrogens with two attached hydrogens (primary N) is 1. The van der Waals surface area contributed by atoms with Gasteiger partial charge in [0, 0.05) is 6.54 Å². The second kappa shape index (κ2) is 5.11. The van der Waals surface area contributed by atoms with E-state index in [0.29, 0.717) is 19.4 Å². The van der Waals surface area contributed by atoms with Gasteiger partial charge in [-0.25, -0.2) is 4.79 Å². The lowest BCUT2D eigenvalue weighted by Gasteiger charge is -2.24. The van der Waals surface area contributed by atoms with E-state index in [4.69, 9.17) is 10.8 Å². The molecule has 0 aromatic rings. The van der Waals surface area contributed by atoms with Crippen LogP contribution in [0.25, 0.3) is 0 Å². The van der Waals surface area contributed by atoms with Crippen molar-refractivity contribution in [2.75, 3.05) is 6.54 Å². The zero-order valence-electron chi connectivity index (χ0n) is 8.98. The highest BCUT2D eigenvalue weighted by molar-refractivity contribution is 5.87. The third-order valence-electron chi connectivity index (χ3n) is 2.74. The van der Waals surface area contributed by atoms with E-state index in [1.165, 1.54) is 4.90 Å². The van der Waals surface area contributed by atoms with Crippen LogP contribution in [0, 0.1) is 0 Å². The Morgan fingerprint density at radius 2 is 2.27 bits per heavy atom. The Labute approximate surface area is 89.2 Å². The number of carbonyl (C=O) groups is 2. The standard InChI is InChI=1S/C10H18N2O3/c1-2-4-7(11)9(13)12-6-3-5-8(12)10(14)15/h7-8H,2-6,11H2,1H3,(H,14,15)/t7?,8-/m0/s1. The smallest absolute Gasteiger partial charge is 0.326 e.